The fraction of sp³-hybridized carbons (Fsp3) is 0.429. The van der Waals surface area contributed by atoms with Gasteiger partial charge in [-0.1, -0.05) is 30.7 Å². The third-order valence-corrected chi connectivity index (χ3v) is 6.83. The van der Waals surface area contributed by atoms with Gasteiger partial charge in [-0.25, -0.2) is 4.98 Å². The lowest BCUT2D eigenvalue weighted by atomic mass is 9.89. The molecule has 2 N–H and O–H groups in total. The zero-order chi connectivity index (χ0) is 19.1. The Kier molecular flexibility index (Phi) is 5.10. The number of rotatable bonds is 4. The van der Waals surface area contributed by atoms with E-state index in [0.717, 1.165) is 40.1 Å². The van der Waals surface area contributed by atoms with Gasteiger partial charge < -0.3 is 10.3 Å². The fourth-order valence-electron chi connectivity index (χ4n) is 3.90. The summed E-state index contributed by atoms with van der Waals surface area (Å²) in [5.74, 6) is 1.37. The van der Waals surface area contributed by atoms with Gasteiger partial charge in [0.05, 0.1) is 11.4 Å². The van der Waals surface area contributed by atoms with Crippen LogP contribution in [0.5, 0.6) is 0 Å². The topological polar surface area (TPSA) is 57.8 Å². The third kappa shape index (κ3) is 3.68. The Bertz CT molecular complexity index is 1040. The molecule has 6 heteroatoms. The van der Waals surface area contributed by atoms with Crippen molar-refractivity contribution in [1.29, 1.82) is 0 Å². The number of aryl methyl sites for hydroxylation is 1. The van der Waals surface area contributed by atoms with E-state index in [4.69, 9.17) is 16.6 Å². The van der Waals surface area contributed by atoms with E-state index in [1.54, 1.807) is 11.3 Å². The summed E-state index contributed by atoms with van der Waals surface area (Å²) in [6.07, 6.45) is 3.19. The SMILES string of the molecule is C[C@@H]1CCc2c(sc3nc([C@H](C)N[C@@H](C)c4cccc(Cl)c4)[nH]c(=O)c23)C1. The van der Waals surface area contributed by atoms with Gasteiger partial charge in [0.15, 0.2) is 0 Å². The van der Waals surface area contributed by atoms with Crippen molar-refractivity contribution in [3.05, 3.63) is 61.5 Å². The van der Waals surface area contributed by atoms with Crippen LogP contribution >= 0.6 is 22.9 Å². The van der Waals surface area contributed by atoms with Crippen LogP contribution < -0.4 is 10.9 Å². The predicted octanol–water partition coefficient (Wildman–Crippen LogP) is 5.17. The Hall–Kier alpha value is -1.69. The van der Waals surface area contributed by atoms with Gasteiger partial charge in [-0.05, 0) is 62.3 Å². The maximum atomic E-state index is 12.8. The number of hydrogen-bond acceptors (Lipinski definition) is 4. The zero-order valence-corrected chi connectivity index (χ0v) is 17.4. The van der Waals surface area contributed by atoms with E-state index in [1.807, 2.05) is 31.2 Å². The second kappa shape index (κ2) is 7.38. The van der Waals surface area contributed by atoms with Gasteiger partial charge in [0, 0.05) is 15.9 Å². The first-order valence-electron chi connectivity index (χ1n) is 9.48. The highest BCUT2D eigenvalue weighted by molar-refractivity contribution is 7.18. The summed E-state index contributed by atoms with van der Waals surface area (Å²) in [6.45, 7) is 6.39. The van der Waals surface area contributed by atoms with Gasteiger partial charge in [-0.2, -0.15) is 0 Å². The maximum Gasteiger partial charge on any atom is 0.259 e. The molecule has 3 atom stereocenters. The van der Waals surface area contributed by atoms with E-state index in [1.165, 1.54) is 10.4 Å². The summed E-state index contributed by atoms with van der Waals surface area (Å²) in [4.78, 5) is 22.8. The molecular weight excluding hydrogens is 378 g/mol. The van der Waals surface area contributed by atoms with E-state index < -0.39 is 0 Å². The standard InChI is InChI=1S/C21H24ClN3OS/c1-11-7-8-16-17(9-11)27-21-18(16)20(26)24-19(25-21)13(3)23-12(2)14-5-4-6-15(22)10-14/h4-6,10-13,23H,7-9H2,1-3H3,(H,24,25,26)/t11-,12+,13+/m1/s1. The molecule has 4 rings (SSSR count). The number of aromatic nitrogens is 2. The molecule has 0 bridgehead atoms. The molecular formula is C21H24ClN3OS. The minimum atomic E-state index is -0.0749. The van der Waals surface area contributed by atoms with Crippen LogP contribution in [-0.4, -0.2) is 9.97 Å². The van der Waals surface area contributed by atoms with E-state index in [0.29, 0.717) is 11.7 Å². The Balaban J connectivity index is 1.62. The van der Waals surface area contributed by atoms with Crippen molar-refractivity contribution in [2.75, 3.05) is 0 Å². The lowest BCUT2D eigenvalue weighted by molar-refractivity contribution is 0.477. The highest BCUT2D eigenvalue weighted by Gasteiger charge is 2.24. The normalized spacial score (nSPS) is 19.0. The molecule has 0 saturated heterocycles. The molecule has 0 spiro atoms. The van der Waals surface area contributed by atoms with Crippen molar-refractivity contribution in [3.8, 4) is 0 Å². The molecule has 1 aliphatic carbocycles. The Morgan fingerprint density at radius 1 is 1.33 bits per heavy atom. The van der Waals surface area contributed by atoms with E-state index in [9.17, 15) is 4.79 Å². The van der Waals surface area contributed by atoms with Crippen LogP contribution in [0.25, 0.3) is 10.2 Å². The second-order valence-electron chi connectivity index (χ2n) is 7.65. The number of H-pyrrole nitrogens is 1. The molecule has 0 fully saturated rings. The molecule has 3 aromatic rings. The largest absolute Gasteiger partial charge is 0.309 e. The molecule has 0 amide bonds. The third-order valence-electron chi connectivity index (χ3n) is 5.44. The minimum absolute atomic E-state index is 0.00823. The highest BCUT2D eigenvalue weighted by Crippen LogP contribution is 2.35. The molecule has 27 heavy (non-hydrogen) atoms. The molecule has 1 aromatic carbocycles. The number of nitrogens with one attached hydrogen (secondary N) is 2. The summed E-state index contributed by atoms with van der Waals surface area (Å²) >= 11 is 7.79. The first-order chi connectivity index (χ1) is 12.9. The van der Waals surface area contributed by atoms with Gasteiger partial charge in [-0.15, -0.1) is 11.3 Å². The summed E-state index contributed by atoms with van der Waals surface area (Å²) in [5.41, 5.74) is 2.32. The minimum Gasteiger partial charge on any atom is -0.309 e. The Morgan fingerprint density at radius 3 is 2.93 bits per heavy atom. The predicted molar refractivity (Wildman–Crippen MR) is 113 cm³/mol. The van der Waals surface area contributed by atoms with E-state index >= 15 is 0 Å². The quantitative estimate of drug-likeness (QED) is 0.633. The van der Waals surface area contributed by atoms with Gasteiger partial charge in [0.2, 0.25) is 0 Å². The van der Waals surface area contributed by atoms with Crippen LogP contribution in [-0.2, 0) is 12.8 Å². The van der Waals surface area contributed by atoms with Crippen LogP contribution in [0, 0.1) is 5.92 Å². The van der Waals surface area contributed by atoms with Crippen molar-refractivity contribution in [1.82, 2.24) is 15.3 Å². The summed E-state index contributed by atoms with van der Waals surface area (Å²) in [7, 11) is 0. The van der Waals surface area contributed by atoms with Gasteiger partial charge in [0.25, 0.3) is 5.56 Å². The van der Waals surface area contributed by atoms with Crippen molar-refractivity contribution in [2.24, 2.45) is 5.92 Å². The Labute approximate surface area is 168 Å². The first kappa shape index (κ1) is 18.7. The molecule has 1 aliphatic rings. The summed E-state index contributed by atoms with van der Waals surface area (Å²) in [5, 5.41) is 5.04. The van der Waals surface area contributed by atoms with E-state index in [2.05, 4.69) is 24.1 Å². The van der Waals surface area contributed by atoms with Crippen LogP contribution in [0.15, 0.2) is 29.1 Å². The molecule has 142 valence electrons. The van der Waals surface area contributed by atoms with Gasteiger partial charge >= 0.3 is 0 Å². The number of hydrogen-bond donors (Lipinski definition) is 2. The van der Waals surface area contributed by atoms with Crippen molar-refractivity contribution < 1.29 is 0 Å². The molecule has 0 saturated carbocycles. The molecule has 0 radical (unpaired) electrons. The van der Waals surface area contributed by atoms with Crippen molar-refractivity contribution >= 4 is 33.2 Å². The van der Waals surface area contributed by atoms with Crippen LogP contribution in [0.2, 0.25) is 5.02 Å². The maximum absolute atomic E-state index is 12.8. The number of halogens is 1. The average molecular weight is 402 g/mol. The number of benzene rings is 1. The molecule has 4 nitrogen and oxygen atoms in total. The van der Waals surface area contributed by atoms with Crippen LogP contribution in [0.3, 0.4) is 0 Å². The first-order valence-corrected chi connectivity index (χ1v) is 10.7. The average Bonchev–Trinajstić information content (AvgIpc) is 2.99. The van der Waals surface area contributed by atoms with Gasteiger partial charge in [-0.3, -0.25) is 4.79 Å². The van der Waals surface area contributed by atoms with Crippen LogP contribution in [0.1, 0.15) is 61.1 Å². The van der Waals surface area contributed by atoms with Crippen molar-refractivity contribution in [2.45, 2.75) is 52.1 Å². The van der Waals surface area contributed by atoms with E-state index in [-0.39, 0.29) is 17.6 Å². The Morgan fingerprint density at radius 2 is 2.15 bits per heavy atom. The number of nitrogens with zero attached hydrogens (tertiary/aromatic N) is 1. The lowest BCUT2D eigenvalue weighted by Crippen LogP contribution is -2.26. The number of aromatic amines is 1. The fourth-order valence-corrected chi connectivity index (χ4v) is 5.49. The van der Waals surface area contributed by atoms with Crippen LogP contribution in [0.4, 0.5) is 0 Å². The monoisotopic (exact) mass is 401 g/mol. The summed E-state index contributed by atoms with van der Waals surface area (Å²) < 4.78 is 0. The zero-order valence-electron chi connectivity index (χ0n) is 15.8. The molecule has 2 aromatic heterocycles. The second-order valence-corrected chi connectivity index (χ2v) is 9.17. The van der Waals surface area contributed by atoms with Crippen molar-refractivity contribution in [3.63, 3.8) is 0 Å². The number of thiophene rings is 1. The molecule has 2 heterocycles. The smallest absolute Gasteiger partial charge is 0.259 e. The number of fused-ring (bicyclic) bond motifs is 3. The molecule has 0 unspecified atom stereocenters. The summed E-state index contributed by atoms with van der Waals surface area (Å²) in [6, 6.07) is 7.84. The van der Waals surface area contributed by atoms with Gasteiger partial charge in [0.1, 0.15) is 10.7 Å². The lowest BCUT2D eigenvalue weighted by Gasteiger charge is -2.20. The highest BCUT2D eigenvalue weighted by atomic mass is 35.5. The molecule has 0 aliphatic heterocycles.